The molecule has 1 N–H and O–H groups in total. The molecule has 6 rings (SSSR count). The van der Waals surface area contributed by atoms with E-state index in [1.807, 2.05) is 62.5 Å². The lowest BCUT2D eigenvalue weighted by Crippen LogP contribution is -2.60. The van der Waals surface area contributed by atoms with Crippen LogP contribution in [0.2, 0.25) is 0 Å². The number of nitrogens with zero attached hydrogens (tertiary/aromatic N) is 4. The molecule has 2 saturated heterocycles. The van der Waals surface area contributed by atoms with Crippen LogP contribution in [0.25, 0.3) is 10.9 Å². The Morgan fingerprint density at radius 2 is 1.69 bits per heavy atom. The zero-order valence-corrected chi connectivity index (χ0v) is 28.2. The maximum absolute atomic E-state index is 14.7. The summed E-state index contributed by atoms with van der Waals surface area (Å²) in [4.78, 5) is 58.2. The predicted octanol–water partition coefficient (Wildman–Crippen LogP) is 4.55. The highest BCUT2D eigenvalue weighted by Gasteiger charge is 2.49. The molecule has 0 aliphatic carbocycles. The number of fused-ring (bicyclic) bond motifs is 1. The summed E-state index contributed by atoms with van der Waals surface area (Å²) >= 11 is 0. The monoisotopic (exact) mass is 665 g/mol. The molecule has 49 heavy (non-hydrogen) atoms. The largest absolute Gasteiger partial charge is 0.469 e. The highest BCUT2D eigenvalue weighted by atomic mass is 16.6. The van der Waals surface area contributed by atoms with Crippen LogP contribution in [0.15, 0.2) is 79.0 Å². The maximum Gasteiger partial charge on any atom is 0.410 e. The van der Waals surface area contributed by atoms with Crippen molar-refractivity contribution in [3.8, 4) is 0 Å². The minimum absolute atomic E-state index is 0.00667. The summed E-state index contributed by atoms with van der Waals surface area (Å²) in [6, 6.07) is 21.5. The average Bonchev–Trinajstić information content (AvgIpc) is 3.72. The molecule has 11 nitrogen and oxygen atoms in total. The molecular weight excluding hydrogens is 622 g/mol. The highest BCUT2D eigenvalue weighted by Crippen LogP contribution is 2.33. The zero-order chi connectivity index (χ0) is 34.5. The first-order valence-corrected chi connectivity index (χ1v) is 16.8. The summed E-state index contributed by atoms with van der Waals surface area (Å²) in [5.74, 6) is -2.19. The van der Waals surface area contributed by atoms with Crippen molar-refractivity contribution >= 4 is 34.8 Å². The molecule has 2 aliphatic rings. The van der Waals surface area contributed by atoms with Gasteiger partial charge in [0, 0.05) is 32.1 Å². The highest BCUT2D eigenvalue weighted by molar-refractivity contribution is 5.95. The van der Waals surface area contributed by atoms with Crippen molar-refractivity contribution in [1.29, 1.82) is 0 Å². The Kier molecular flexibility index (Phi) is 10.3. The van der Waals surface area contributed by atoms with E-state index < -0.39 is 36.0 Å². The number of benzene rings is 3. The molecule has 3 aromatic carbocycles. The van der Waals surface area contributed by atoms with Crippen molar-refractivity contribution in [1.82, 2.24) is 24.9 Å². The molecule has 0 radical (unpaired) electrons. The number of piperidine rings is 1. The lowest BCUT2D eigenvalue weighted by atomic mass is 9.88. The molecule has 3 amide bonds. The van der Waals surface area contributed by atoms with Crippen LogP contribution >= 0.6 is 0 Å². The molecule has 0 unspecified atom stereocenters. The van der Waals surface area contributed by atoms with Gasteiger partial charge in [0.15, 0.2) is 0 Å². The Morgan fingerprint density at radius 1 is 0.939 bits per heavy atom. The van der Waals surface area contributed by atoms with Gasteiger partial charge in [-0.1, -0.05) is 66.2 Å². The number of carbonyl (C=O) groups is 4. The van der Waals surface area contributed by atoms with E-state index in [-0.39, 0.29) is 31.5 Å². The van der Waals surface area contributed by atoms with Gasteiger partial charge in [-0.05, 0) is 67.3 Å². The zero-order valence-electron chi connectivity index (χ0n) is 28.2. The van der Waals surface area contributed by atoms with E-state index in [1.165, 1.54) is 12.0 Å². The average molecular weight is 666 g/mol. The van der Waals surface area contributed by atoms with Gasteiger partial charge >= 0.3 is 12.1 Å². The van der Waals surface area contributed by atoms with Gasteiger partial charge in [0.1, 0.15) is 18.7 Å². The molecule has 256 valence electrons. The second-order valence-electron chi connectivity index (χ2n) is 13.1. The molecule has 0 spiro atoms. The molecular formula is C38H43N5O6. The smallest absolute Gasteiger partial charge is 0.410 e. The van der Waals surface area contributed by atoms with Crippen LogP contribution in [-0.2, 0) is 50.5 Å². The van der Waals surface area contributed by atoms with Crippen molar-refractivity contribution in [3.63, 3.8) is 0 Å². The van der Waals surface area contributed by atoms with Crippen LogP contribution in [0.1, 0.15) is 41.5 Å². The predicted molar refractivity (Wildman–Crippen MR) is 183 cm³/mol. The maximum atomic E-state index is 14.7. The van der Waals surface area contributed by atoms with Crippen molar-refractivity contribution in [2.75, 3.05) is 20.2 Å². The fourth-order valence-corrected chi connectivity index (χ4v) is 7.13. The summed E-state index contributed by atoms with van der Waals surface area (Å²) in [7, 11) is 3.16. The van der Waals surface area contributed by atoms with Crippen LogP contribution in [-0.4, -0.2) is 75.7 Å². The third kappa shape index (κ3) is 7.61. The third-order valence-electron chi connectivity index (χ3n) is 9.72. The normalized spacial score (nSPS) is 20.6. The number of methoxy groups -OCH3 is 1. The topological polar surface area (TPSA) is 123 Å². The number of hydrogen-bond donors (Lipinski definition) is 1. The first-order valence-electron chi connectivity index (χ1n) is 16.8. The van der Waals surface area contributed by atoms with Crippen LogP contribution in [0, 0.1) is 18.8 Å². The lowest BCUT2D eigenvalue weighted by molar-refractivity contribution is -0.157. The number of rotatable bonds is 9. The third-order valence-corrected chi connectivity index (χ3v) is 9.72. The Labute approximate surface area is 286 Å². The lowest BCUT2D eigenvalue weighted by Gasteiger charge is -2.40. The number of aromatic nitrogens is 2. The van der Waals surface area contributed by atoms with E-state index in [0.717, 1.165) is 33.2 Å². The number of esters is 1. The SMILES string of the molecule is COC(=O)[C@H]1CCCN(C(=O)OCc2ccccc2)[C@H]1C(=O)N1C[C@H](Cc2ccc(C)cc2)C[C@H]1C(=O)NCc1ccc2c(cnn2C)c1. The quantitative estimate of drug-likeness (QED) is 0.261. The molecule has 2 fully saturated rings. The minimum Gasteiger partial charge on any atom is -0.469 e. The van der Waals surface area contributed by atoms with Crippen molar-refractivity contribution in [2.45, 2.75) is 57.8 Å². The molecule has 4 aromatic rings. The summed E-state index contributed by atoms with van der Waals surface area (Å²) < 4.78 is 12.6. The van der Waals surface area contributed by atoms with Crippen LogP contribution in [0.3, 0.4) is 0 Å². The van der Waals surface area contributed by atoms with Crippen molar-refractivity contribution < 1.29 is 28.7 Å². The van der Waals surface area contributed by atoms with Gasteiger partial charge in [0.25, 0.3) is 0 Å². The Bertz CT molecular complexity index is 1810. The van der Waals surface area contributed by atoms with Gasteiger partial charge in [-0.15, -0.1) is 0 Å². The summed E-state index contributed by atoms with van der Waals surface area (Å²) in [6.07, 6.45) is 3.11. The molecule has 0 saturated carbocycles. The second-order valence-corrected chi connectivity index (χ2v) is 13.1. The van der Waals surface area contributed by atoms with E-state index in [9.17, 15) is 19.2 Å². The Hall–Kier alpha value is -5.19. The van der Waals surface area contributed by atoms with E-state index in [1.54, 1.807) is 15.8 Å². The van der Waals surface area contributed by atoms with E-state index >= 15 is 0 Å². The molecule has 0 bridgehead atoms. The van der Waals surface area contributed by atoms with E-state index in [2.05, 4.69) is 34.7 Å². The van der Waals surface area contributed by atoms with Crippen LogP contribution in [0.5, 0.6) is 0 Å². The standard InChI is InChI=1S/C38H43N5O6/c1-25-11-13-26(14-12-25)18-29-20-33(35(44)39-21-28-15-16-32-30(19-28)22-40-41(32)2)43(23-29)36(45)34-31(37(46)48-3)10-7-17-42(34)38(47)49-24-27-8-5-4-6-9-27/h4-6,8-9,11-16,19,22,29,31,33-34H,7,10,17-18,20-21,23-24H2,1-3H3,(H,39,44)/t29-,31+,33+,34-/m1/s1. The van der Waals surface area contributed by atoms with Crippen molar-refractivity contribution in [3.05, 3.63) is 101 Å². The van der Waals surface area contributed by atoms with Crippen molar-refractivity contribution in [2.24, 2.45) is 18.9 Å². The van der Waals surface area contributed by atoms with Gasteiger partial charge < -0.3 is 19.7 Å². The fourth-order valence-electron chi connectivity index (χ4n) is 7.13. The molecule has 2 aliphatic heterocycles. The van der Waals surface area contributed by atoms with Crippen LogP contribution < -0.4 is 5.32 Å². The van der Waals surface area contributed by atoms with Crippen LogP contribution in [0.4, 0.5) is 4.79 Å². The number of nitrogens with one attached hydrogen (secondary N) is 1. The van der Waals surface area contributed by atoms with Gasteiger partial charge in [-0.2, -0.15) is 5.10 Å². The number of amides is 3. The Morgan fingerprint density at radius 3 is 2.45 bits per heavy atom. The molecule has 3 heterocycles. The summed E-state index contributed by atoms with van der Waals surface area (Å²) in [6.45, 7) is 2.88. The summed E-state index contributed by atoms with van der Waals surface area (Å²) in [5.41, 5.74) is 4.97. The number of aryl methyl sites for hydroxylation is 2. The number of likely N-dealkylation sites (tertiary alicyclic amines) is 2. The second kappa shape index (κ2) is 14.9. The Balaban J connectivity index is 1.25. The number of ether oxygens (including phenoxy) is 2. The molecule has 1 aromatic heterocycles. The van der Waals surface area contributed by atoms with Gasteiger partial charge in [-0.3, -0.25) is 24.0 Å². The van der Waals surface area contributed by atoms with Gasteiger partial charge in [0.2, 0.25) is 11.8 Å². The van der Waals surface area contributed by atoms with Gasteiger partial charge in [-0.25, -0.2) is 4.79 Å². The first-order chi connectivity index (χ1) is 23.7. The number of carbonyl (C=O) groups excluding carboxylic acids is 4. The molecule has 11 heteroatoms. The fraction of sp³-hybridized carbons (Fsp3) is 0.395. The van der Waals surface area contributed by atoms with E-state index in [4.69, 9.17) is 9.47 Å². The van der Waals surface area contributed by atoms with Gasteiger partial charge in [0.05, 0.1) is 24.7 Å². The first kappa shape index (κ1) is 33.7. The molecule has 4 atom stereocenters. The number of hydrogen-bond acceptors (Lipinski definition) is 7. The summed E-state index contributed by atoms with van der Waals surface area (Å²) in [5, 5.41) is 8.32. The minimum atomic E-state index is -1.16. The van der Waals surface area contributed by atoms with E-state index in [0.29, 0.717) is 32.2 Å².